The number of hydrogen-bond acceptors (Lipinski definition) is 3. The van der Waals surface area contributed by atoms with E-state index in [-0.39, 0.29) is 16.9 Å². The minimum atomic E-state index is -4.40. The summed E-state index contributed by atoms with van der Waals surface area (Å²) in [5.41, 5.74) is 0.162. The highest BCUT2D eigenvalue weighted by molar-refractivity contribution is 7.46. The first-order chi connectivity index (χ1) is 11.6. The average Bonchev–Trinajstić information content (AvgIpc) is 2.82. The molecule has 4 saturated carbocycles. The standard InChI is InChI=1S/C19H31O5P/c1-18-9-7-13(24-25(21,22)23)11-12(18)3-4-14-15-5-6-17(20)19(15,2)10-8-16(14)18/h12-16H,3-11H2,1-2H3,(H2,21,22,23)/t12?,13-,14-,15-,16-,18-,19-/m0/s1. The molecule has 0 saturated heterocycles. The Morgan fingerprint density at radius 3 is 2.52 bits per heavy atom. The van der Waals surface area contributed by atoms with E-state index in [0.29, 0.717) is 29.5 Å². The number of phosphoric acid groups is 1. The molecular formula is C19H31O5P. The van der Waals surface area contributed by atoms with Crippen molar-refractivity contribution in [1.82, 2.24) is 0 Å². The zero-order chi connectivity index (χ0) is 18.0. The normalized spacial score (nSPS) is 50.1. The topological polar surface area (TPSA) is 83.8 Å². The molecule has 4 aliphatic carbocycles. The Labute approximate surface area is 150 Å². The second-order valence-electron chi connectivity index (χ2n) is 9.57. The summed E-state index contributed by atoms with van der Waals surface area (Å²) in [5, 5.41) is 0. The van der Waals surface area contributed by atoms with Crippen LogP contribution in [0.15, 0.2) is 0 Å². The van der Waals surface area contributed by atoms with Gasteiger partial charge in [-0.25, -0.2) is 4.57 Å². The van der Waals surface area contributed by atoms with Gasteiger partial charge in [-0.15, -0.1) is 0 Å². The summed E-state index contributed by atoms with van der Waals surface area (Å²) in [6.07, 6.45) is 8.47. The highest BCUT2D eigenvalue weighted by atomic mass is 31.2. The highest BCUT2D eigenvalue weighted by Gasteiger charge is 2.60. The molecule has 6 heteroatoms. The van der Waals surface area contributed by atoms with E-state index in [1.54, 1.807) is 0 Å². The summed E-state index contributed by atoms with van der Waals surface area (Å²) < 4.78 is 16.2. The van der Waals surface area contributed by atoms with E-state index in [1.807, 2.05) is 0 Å². The van der Waals surface area contributed by atoms with Gasteiger partial charge in [0.2, 0.25) is 0 Å². The monoisotopic (exact) mass is 370 g/mol. The third-order valence-corrected chi connectivity index (χ3v) is 9.19. The van der Waals surface area contributed by atoms with E-state index in [9.17, 15) is 9.36 Å². The molecule has 0 spiro atoms. The van der Waals surface area contributed by atoms with Gasteiger partial charge in [0.05, 0.1) is 6.10 Å². The van der Waals surface area contributed by atoms with Crippen LogP contribution in [-0.2, 0) is 13.9 Å². The molecule has 4 fully saturated rings. The highest BCUT2D eigenvalue weighted by Crippen LogP contribution is 2.65. The van der Waals surface area contributed by atoms with Crippen molar-refractivity contribution in [3.8, 4) is 0 Å². The van der Waals surface area contributed by atoms with Crippen molar-refractivity contribution in [2.24, 2.45) is 34.5 Å². The lowest BCUT2D eigenvalue weighted by Gasteiger charge is -2.60. The molecule has 7 atom stereocenters. The lowest BCUT2D eigenvalue weighted by Crippen LogP contribution is -2.54. The lowest BCUT2D eigenvalue weighted by molar-refractivity contribution is -0.141. The Hall–Kier alpha value is -0.220. The number of ketones is 1. The molecule has 5 nitrogen and oxygen atoms in total. The Kier molecular flexibility index (Phi) is 4.28. The van der Waals surface area contributed by atoms with Crippen LogP contribution in [0.25, 0.3) is 0 Å². The van der Waals surface area contributed by atoms with Gasteiger partial charge < -0.3 is 9.79 Å². The average molecular weight is 370 g/mol. The summed E-state index contributed by atoms with van der Waals surface area (Å²) in [6, 6.07) is 0. The number of fused-ring (bicyclic) bond motifs is 5. The minimum absolute atomic E-state index is 0.0783. The number of phosphoric ester groups is 1. The quantitative estimate of drug-likeness (QED) is 0.716. The number of rotatable bonds is 2. The Morgan fingerprint density at radius 2 is 1.80 bits per heavy atom. The van der Waals surface area contributed by atoms with E-state index in [1.165, 1.54) is 6.42 Å². The van der Waals surface area contributed by atoms with Crippen molar-refractivity contribution < 1.29 is 23.7 Å². The summed E-state index contributed by atoms with van der Waals surface area (Å²) in [6.45, 7) is 4.62. The SMILES string of the molecule is C[C@]12CC[C@H](OP(=O)(O)O)CC1CC[C@@H]1[C@@H]2CC[C@]2(C)C(=O)CC[C@@H]12. The van der Waals surface area contributed by atoms with Gasteiger partial charge in [-0.3, -0.25) is 9.32 Å². The van der Waals surface area contributed by atoms with Gasteiger partial charge in [0.1, 0.15) is 5.78 Å². The molecule has 25 heavy (non-hydrogen) atoms. The van der Waals surface area contributed by atoms with Gasteiger partial charge in [-0.2, -0.15) is 0 Å². The zero-order valence-electron chi connectivity index (χ0n) is 15.3. The van der Waals surface area contributed by atoms with Crippen LogP contribution >= 0.6 is 7.82 Å². The molecule has 0 amide bonds. The van der Waals surface area contributed by atoms with Crippen molar-refractivity contribution in [2.45, 2.75) is 77.7 Å². The lowest BCUT2D eigenvalue weighted by atomic mass is 9.45. The maximum Gasteiger partial charge on any atom is 0.469 e. The van der Waals surface area contributed by atoms with Crippen LogP contribution in [0.5, 0.6) is 0 Å². The molecule has 0 aromatic heterocycles. The molecule has 0 bridgehead atoms. The zero-order valence-corrected chi connectivity index (χ0v) is 16.2. The van der Waals surface area contributed by atoms with E-state index in [4.69, 9.17) is 14.3 Å². The van der Waals surface area contributed by atoms with Gasteiger partial charge in [0.15, 0.2) is 0 Å². The first kappa shape index (κ1) is 18.2. The molecular weight excluding hydrogens is 339 g/mol. The van der Waals surface area contributed by atoms with Crippen LogP contribution in [0.1, 0.15) is 71.6 Å². The fourth-order valence-electron chi connectivity index (χ4n) is 7.28. The predicted octanol–water partition coefficient (Wildman–Crippen LogP) is 4.08. The third-order valence-electron chi connectivity index (χ3n) is 8.61. The Bertz CT molecular complexity index is 615. The Balaban J connectivity index is 1.53. The first-order valence-corrected chi connectivity index (χ1v) is 11.4. The number of carbonyl (C=O) groups is 1. The predicted molar refractivity (Wildman–Crippen MR) is 93.7 cm³/mol. The third kappa shape index (κ3) is 2.86. The van der Waals surface area contributed by atoms with Crippen LogP contribution in [0, 0.1) is 34.5 Å². The molecule has 0 aromatic rings. The van der Waals surface area contributed by atoms with E-state index < -0.39 is 7.82 Å². The maximum atomic E-state index is 12.5. The van der Waals surface area contributed by atoms with Gasteiger partial charge in [-0.1, -0.05) is 13.8 Å². The van der Waals surface area contributed by atoms with Crippen LogP contribution in [0.2, 0.25) is 0 Å². The second kappa shape index (κ2) is 5.89. The molecule has 4 rings (SSSR count). The van der Waals surface area contributed by atoms with E-state index >= 15 is 0 Å². The number of hydrogen-bond donors (Lipinski definition) is 2. The smallest absolute Gasteiger partial charge is 0.303 e. The van der Waals surface area contributed by atoms with Crippen LogP contribution in [0.3, 0.4) is 0 Å². The van der Waals surface area contributed by atoms with Gasteiger partial charge in [0, 0.05) is 11.8 Å². The van der Waals surface area contributed by atoms with Crippen molar-refractivity contribution in [3.05, 3.63) is 0 Å². The van der Waals surface area contributed by atoms with Gasteiger partial charge in [0.25, 0.3) is 0 Å². The maximum absolute atomic E-state index is 12.5. The molecule has 142 valence electrons. The second-order valence-corrected chi connectivity index (χ2v) is 10.8. The molecule has 1 unspecified atom stereocenters. The Morgan fingerprint density at radius 1 is 1.04 bits per heavy atom. The van der Waals surface area contributed by atoms with Crippen molar-refractivity contribution in [3.63, 3.8) is 0 Å². The summed E-state index contributed by atoms with van der Waals surface area (Å²) in [7, 11) is -4.40. The van der Waals surface area contributed by atoms with Crippen LogP contribution in [-0.4, -0.2) is 21.7 Å². The summed E-state index contributed by atoms with van der Waals surface area (Å²) >= 11 is 0. The van der Waals surface area contributed by atoms with Crippen molar-refractivity contribution in [1.29, 1.82) is 0 Å². The molecule has 0 aromatic carbocycles. The molecule has 0 radical (unpaired) electrons. The molecule has 0 aliphatic heterocycles. The van der Waals surface area contributed by atoms with E-state index in [2.05, 4.69) is 13.8 Å². The molecule has 2 N–H and O–H groups in total. The molecule has 4 aliphatic rings. The number of Topliss-reactive ketones (excluding diaryl/α,β-unsaturated/α-hetero) is 1. The van der Waals surface area contributed by atoms with Crippen LogP contribution in [0.4, 0.5) is 0 Å². The van der Waals surface area contributed by atoms with Gasteiger partial charge >= 0.3 is 7.82 Å². The minimum Gasteiger partial charge on any atom is -0.303 e. The van der Waals surface area contributed by atoms with Crippen LogP contribution < -0.4 is 0 Å². The largest absolute Gasteiger partial charge is 0.469 e. The van der Waals surface area contributed by atoms with Crippen molar-refractivity contribution >= 4 is 13.6 Å². The fourth-order valence-corrected chi connectivity index (χ4v) is 7.86. The number of carbonyl (C=O) groups excluding carboxylic acids is 1. The first-order valence-electron chi connectivity index (χ1n) is 9.91. The summed E-state index contributed by atoms with van der Waals surface area (Å²) in [4.78, 5) is 30.7. The summed E-state index contributed by atoms with van der Waals surface area (Å²) in [5.74, 6) is 2.85. The molecule has 0 heterocycles. The van der Waals surface area contributed by atoms with Crippen molar-refractivity contribution in [2.75, 3.05) is 0 Å². The van der Waals surface area contributed by atoms with Gasteiger partial charge in [-0.05, 0) is 80.5 Å². The fraction of sp³-hybridized carbons (Fsp3) is 0.947. The van der Waals surface area contributed by atoms with E-state index in [0.717, 1.165) is 51.4 Å².